The van der Waals surface area contributed by atoms with Gasteiger partial charge >= 0.3 is 0 Å². The molecular formula is C30H24Cl2FN5O3. The Hall–Kier alpha value is -3.95. The van der Waals surface area contributed by atoms with Crippen molar-refractivity contribution in [2.75, 3.05) is 17.3 Å². The molecule has 1 atom stereocenters. The van der Waals surface area contributed by atoms with Crippen LogP contribution in [-0.2, 0) is 10.3 Å². The van der Waals surface area contributed by atoms with E-state index in [0.717, 1.165) is 24.6 Å². The molecule has 0 radical (unpaired) electrons. The minimum Gasteiger partial charge on any atom is -0.496 e. The van der Waals surface area contributed by atoms with E-state index in [1.807, 2.05) is 24.5 Å². The molecule has 2 aromatic heterocycles. The Balaban J connectivity index is 1.55. The van der Waals surface area contributed by atoms with E-state index < -0.39 is 23.2 Å². The molecule has 0 bridgehead atoms. The van der Waals surface area contributed by atoms with Crippen molar-refractivity contribution in [3.05, 3.63) is 87.2 Å². The lowest BCUT2D eigenvalue weighted by molar-refractivity contribution is -0.119. The molecule has 4 heterocycles. The van der Waals surface area contributed by atoms with Crippen LogP contribution in [0.4, 0.5) is 15.8 Å². The smallest absolute Gasteiger partial charge is 0.280 e. The number of hydrogen-bond acceptors (Lipinski definition) is 5. The van der Waals surface area contributed by atoms with E-state index >= 15 is 0 Å². The molecular weight excluding hydrogens is 568 g/mol. The summed E-state index contributed by atoms with van der Waals surface area (Å²) in [4.78, 5) is 39.4. The minimum atomic E-state index is -1.71. The fourth-order valence-corrected chi connectivity index (χ4v) is 6.47. The average Bonchev–Trinajstić information content (AvgIpc) is 3.57. The molecule has 0 saturated heterocycles. The van der Waals surface area contributed by atoms with Gasteiger partial charge in [0.1, 0.15) is 17.4 Å². The summed E-state index contributed by atoms with van der Waals surface area (Å²) in [5.41, 5.74) is 1.32. The van der Waals surface area contributed by atoms with Crippen molar-refractivity contribution < 1.29 is 18.7 Å². The monoisotopic (exact) mass is 591 g/mol. The molecule has 3 aliphatic rings. The quantitative estimate of drug-likeness (QED) is 0.278. The summed E-state index contributed by atoms with van der Waals surface area (Å²) in [5, 5.41) is 3.40. The standard InChI is InChI=1S/C30H24Cl2FN5O3/c1-14(2)37-26-25(36-27(37)20-13-34-22(15-4-5-15)12-24(20)41-3)28(39)38(19-9-17(32)8-18(33)11-19)30(26)21-7-6-16(31)10-23(21)35-29(30)40/h6-15H,4-5H2,1-3H3,(H,35,40)/t30-/m0/s1. The lowest BCUT2D eigenvalue weighted by Crippen LogP contribution is -2.51. The number of carbonyl (C=O) groups is 2. The van der Waals surface area contributed by atoms with Crippen molar-refractivity contribution in [3.63, 3.8) is 0 Å². The van der Waals surface area contributed by atoms with Crippen LogP contribution in [0, 0.1) is 5.82 Å². The Morgan fingerprint density at radius 3 is 2.56 bits per heavy atom. The van der Waals surface area contributed by atoms with Crippen molar-refractivity contribution >= 4 is 46.4 Å². The van der Waals surface area contributed by atoms with E-state index in [2.05, 4.69) is 10.3 Å². The SMILES string of the molecule is COc1cc(C2CC2)ncc1-c1nc2c(n1C(C)C)[C@@]1(C(=O)Nc3cc(Cl)ccc31)N(c1cc(F)cc(Cl)c1)C2=O. The predicted octanol–water partition coefficient (Wildman–Crippen LogP) is 6.71. The van der Waals surface area contributed by atoms with Crippen LogP contribution in [0.1, 0.15) is 66.1 Å². The van der Waals surface area contributed by atoms with Crippen molar-refractivity contribution in [2.24, 2.45) is 0 Å². The van der Waals surface area contributed by atoms with E-state index in [9.17, 15) is 14.0 Å². The summed E-state index contributed by atoms with van der Waals surface area (Å²) >= 11 is 12.5. The molecule has 2 aliphatic heterocycles. The Bertz CT molecular complexity index is 1780. The van der Waals surface area contributed by atoms with Gasteiger partial charge in [0.05, 0.1) is 24.1 Å². The van der Waals surface area contributed by atoms with Crippen molar-refractivity contribution in [1.29, 1.82) is 0 Å². The van der Waals surface area contributed by atoms with Gasteiger partial charge in [-0.1, -0.05) is 29.3 Å². The second kappa shape index (κ2) is 9.03. The third kappa shape index (κ3) is 3.65. The zero-order chi connectivity index (χ0) is 28.8. The molecule has 1 aliphatic carbocycles. The van der Waals surface area contributed by atoms with E-state index in [1.54, 1.807) is 31.5 Å². The first-order chi connectivity index (χ1) is 19.6. The zero-order valence-corrected chi connectivity index (χ0v) is 23.8. The number of aromatic nitrogens is 3. The number of pyridine rings is 1. The van der Waals surface area contributed by atoms with Crippen LogP contribution in [0.25, 0.3) is 11.4 Å². The maximum Gasteiger partial charge on any atom is 0.280 e. The van der Waals surface area contributed by atoms with Crippen molar-refractivity contribution in [2.45, 2.75) is 44.2 Å². The van der Waals surface area contributed by atoms with Gasteiger partial charge in [0.2, 0.25) is 0 Å². The fraction of sp³-hybridized carbons (Fsp3) is 0.267. The molecule has 4 aromatic rings. The maximum atomic E-state index is 14.7. The molecule has 1 fully saturated rings. The van der Waals surface area contributed by atoms with Crippen LogP contribution >= 0.6 is 23.2 Å². The number of nitrogens with zero attached hydrogens (tertiary/aromatic N) is 4. The molecule has 7 rings (SSSR count). The number of fused-ring (bicyclic) bond motifs is 4. The third-order valence-electron chi connectivity index (χ3n) is 7.91. The third-order valence-corrected chi connectivity index (χ3v) is 8.36. The number of hydrogen-bond donors (Lipinski definition) is 1. The Labute approximate surface area is 245 Å². The minimum absolute atomic E-state index is 0.0698. The first-order valence-electron chi connectivity index (χ1n) is 13.2. The summed E-state index contributed by atoms with van der Waals surface area (Å²) in [6.07, 6.45) is 3.88. The van der Waals surface area contributed by atoms with Crippen LogP contribution in [-0.4, -0.2) is 33.5 Å². The molecule has 1 N–H and O–H groups in total. The molecule has 2 aromatic carbocycles. The number of halogens is 3. The first-order valence-corrected chi connectivity index (χ1v) is 14.0. The molecule has 1 spiro atoms. The van der Waals surface area contributed by atoms with Crippen LogP contribution in [0.5, 0.6) is 5.75 Å². The highest BCUT2D eigenvalue weighted by Crippen LogP contribution is 2.55. The summed E-state index contributed by atoms with van der Waals surface area (Å²) in [7, 11) is 1.58. The Morgan fingerprint density at radius 1 is 1.10 bits per heavy atom. The normalized spacial score (nSPS) is 19.2. The number of methoxy groups -OCH3 is 1. The highest BCUT2D eigenvalue weighted by molar-refractivity contribution is 6.32. The number of amides is 2. The summed E-state index contributed by atoms with van der Waals surface area (Å²) in [6.45, 7) is 3.89. The zero-order valence-electron chi connectivity index (χ0n) is 22.3. The van der Waals surface area contributed by atoms with Crippen molar-refractivity contribution in [1.82, 2.24) is 14.5 Å². The van der Waals surface area contributed by atoms with E-state index in [-0.39, 0.29) is 22.4 Å². The Morgan fingerprint density at radius 2 is 1.88 bits per heavy atom. The summed E-state index contributed by atoms with van der Waals surface area (Å²) in [5.74, 6) is -0.280. The molecule has 8 nitrogen and oxygen atoms in total. The number of anilines is 2. The van der Waals surface area contributed by atoms with E-state index in [0.29, 0.717) is 45.0 Å². The maximum absolute atomic E-state index is 14.7. The number of ether oxygens (including phenoxy) is 1. The van der Waals surface area contributed by atoms with Gasteiger partial charge in [-0.2, -0.15) is 0 Å². The highest BCUT2D eigenvalue weighted by Gasteiger charge is 2.64. The van der Waals surface area contributed by atoms with Gasteiger partial charge in [0, 0.05) is 51.2 Å². The van der Waals surface area contributed by atoms with Gasteiger partial charge in [0.15, 0.2) is 11.2 Å². The molecule has 2 amide bonds. The number of rotatable bonds is 5. The fourth-order valence-electron chi connectivity index (χ4n) is 6.08. The molecule has 0 unspecified atom stereocenters. The number of carbonyl (C=O) groups excluding carboxylic acids is 2. The molecule has 1 saturated carbocycles. The van der Waals surface area contributed by atoms with Gasteiger partial charge < -0.3 is 14.6 Å². The topological polar surface area (TPSA) is 89.3 Å². The average molecular weight is 592 g/mol. The number of nitrogens with one attached hydrogen (secondary N) is 1. The van der Waals surface area contributed by atoms with Crippen LogP contribution in [0.3, 0.4) is 0 Å². The lowest BCUT2D eigenvalue weighted by Gasteiger charge is -2.35. The van der Waals surface area contributed by atoms with Gasteiger partial charge in [-0.05, 0) is 57.0 Å². The first kappa shape index (κ1) is 26.0. The van der Waals surface area contributed by atoms with Gasteiger partial charge in [-0.3, -0.25) is 19.5 Å². The Kier molecular flexibility index (Phi) is 5.72. The predicted molar refractivity (Wildman–Crippen MR) is 153 cm³/mol. The number of benzene rings is 2. The van der Waals surface area contributed by atoms with Gasteiger partial charge in [-0.15, -0.1) is 0 Å². The lowest BCUT2D eigenvalue weighted by atomic mass is 9.87. The largest absolute Gasteiger partial charge is 0.496 e. The van der Waals surface area contributed by atoms with Crippen molar-refractivity contribution in [3.8, 4) is 17.1 Å². The molecule has 41 heavy (non-hydrogen) atoms. The summed E-state index contributed by atoms with van der Waals surface area (Å²) < 4.78 is 22.3. The molecule has 208 valence electrons. The van der Waals surface area contributed by atoms with E-state index in [1.165, 1.54) is 17.0 Å². The number of imidazole rings is 1. The van der Waals surface area contributed by atoms with Gasteiger partial charge in [0.25, 0.3) is 11.8 Å². The molecule has 11 heteroatoms. The van der Waals surface area contributed by atoms with Crippen LogP contribution < -0.4 is 15.0 Å². The van der Waals surface area contributed by atoms with Crippen LogP contribution in [0.15, 0.2) is 48.7 Å². The highest BCUT2D eigenvalue weighted by atomic mass is 35.5. The second-order valence-electron chi connectivity index (χ2n) is 10.8. The van der Waals surface area contributed by atoms with E-state index in [4.69, 9.17) is 32.9 Å². The second-order valence-corrected chi connectivity index (χ2v) is 11.7. The summed E-state index contributed by atoms with van der Waals surface area (Å²) in [6, 6.07) is 10.4. The van der Waals surface area contributed by atoms with Gasteiger partial charge in [-0.25, -0.2) is 9.37 Å². The van der Waals surface area contributed by atoms with Crippen LogP contribution in [0.2, 0.25) is 10.0 Å².